The first-order valence-corrected chi connectivity index (χ1v) is 11.5. The minimum atomic E-state index is -4.62. The lowest BCUT2D eigenvalue weighted by molar-refractivity contribution is -0.0876. The van der Waals surface area contributed by atoms with E-state index in [0.717, 1.165) is 11.6 Å². The molecule has 7 rings (SSSR count). The van der Waals surface area contributed by atoms with Crippen molar-refractivity contribution in [2.75, 3.05) is 6.61 Å². The van der Waals surface area contributed by atoms with Gasteiger partial charge in [0.2, 0.25) is 0 Å². The van der Waals surface area contributed by atoms with Gasteiger partial charge in [0, 0.05) is 60.4 Å². The Labute approximate surface area is 206 Å². The van der Waals surface area contributed by atoms with Gasteiger partial charge in [0.25, 0.3) is 0 Å². The molecule has 0 fully saturated rings. The molecular weight excluding hydrogens is 490 g/mol. The molecule has 186 valence electrons. The zero-order valence-corrected chi connectivity index (χ0v) is 19.1. The van der Waals surface area contributed by atoms with Gasteiger partial charge in [-0.3, -0.25) is 9.55 Å². The summed E-state index contributed by atoms with van der Waals surface area (Å²) in [6, 6.07) is 4.65. The molecule has 0 amide bonds. The molecular formula is C25H17F4N7O. The van der Waals surface area contributed by atoms with E-state index < -0.39 is 17.6 Å². The highest BCUT2D eigenvalue weighted by molar-refractivity contribution is 5.88. The van der Waals surface area contributed by atoms with Crippen LogP contribution < -0.4 is 20.8 Å². The second-order valence-electron chi connectivity index (χ2n) is 8.80. The summed E-state index contributed by atoms with van der Waals surface area (Å²) < 4.78 is 66.6. The minimum absolute atomic E-state index is 0.0342. The molecule has 0 unspecified atom stereocenters. The number of nitrogens with zero attached hydrogens (tertiary/aromatic N) is 6. The third-order valence-electron chi connectivity index (χ3n) is 6.83. The summed E-state index contributed by atoms with van der Waals surface area (Å²) in [5.41, 5.74) is 1.10. The van der Waals surface area contributed by atoms with Crippen LogP contribution >= 0.6 is 0 Å². The highest BCUT2D eigenvalue weighted by atomic mass is 19.4. The van der Waals surface area contributed by atoms with Crippen LogP contribution in [-0.2, 0) is 19.5 Å². The van der Waals surface area contributed by atoms with Crippen LogP contribution in [-0.4, -0.2) is 42.1 Å². The molecule has 1 N–H and O–H groups in total. The van der Waals surface area contributed by atoms with E-state index in [0.29, 0.717) is 41.4 Å². The van der Waals surface area contributed by atoms with E-state index in [1.807, 2.05) is 0 Å². The van der Waals surface area contributed by atoms with Gasteiger partial charge in [-0.1, -0.05) is 6.08 Å². The van der Waals surface area contributed by atoms with Gasteiger partial charge in [0.1, 0.15) is 34.4 Å². The number of fused-ring (bicyclic) bond motifs is 4. The van der Waals surface area contributed by atoms with Crippen molar-refractivity contribution in [2.45, 2.75) is 25.7 Å². The summed E-state index contributed by atoms with van der Waals surface area (Å²) in [6.45, 7) is 0.538. The van der Waals surface area contributed by atoms with Crippen molar-refractivity contribution in [3.63, 3.8) is 0 Å². The normalized spacial score (nSPS) is 15.6. The van der Waals surface area contributed by atoms with Crippen LogP contribution in [0.1, 0.15) is 16.8 Å². The summed E-state index contributed by atoms with van der Waals surface area (Å²) >= 11 is 0. The first-order chi connectivity index (χ1) is 17.9. The molecule has 0 spiro atoms. The van der Waals surface area contributed by atoms with E-state index in [1.54, 1.807) is 27.5 Å². The van der Waals surface area contributed by atoms with Crippen LogP contribution in [0, 0.1) is 5.82 Å². The summed E-state index contributed by atoms with van der Waals surface area (Å²) in [7, 11) is 0. The van der Waals surface area contributed by atoms with Gasteiger partial charge >= 0.3 is 6.18 Å². The third-order valence-corrected chi connectivity index (χ3v) is 6.83. The van der Waals surface area contributed by atoms with Crippen LogP contribution in [0.3, 0.4) is 0 Å². The number of aromatic nitrogens is 6. The van der Waals surface area contributed by atoms with Crippen molar-refractivity contribution >= 4 is 11.4 Å². The fourth-order valence-corrected chi connectivity index (χ4v) is 5.24. The fourth-order valence-electron chi connectivity index (χ4n) is 5.24. The Bertz CT molecular complexity index is 1750. The Morgan fingerprint density at radius 1 is 1.08 bits per heavy atom. The van der Waals surface area contributed by atoms with Crippen molar-refractivity contribution in [1.29, 1.82) is 0 Å². The van der Waals surface area contributed by atoms with E-state index in [9.17, 15) is 17.6 Å². The van der Waals surface area contributed by atoms with Crippen LogP contribution in [0.2, 0.25) is 0 Å². The average molecular weight is 507 g/mol. The standard InChI is InChI=1S/C25H17F4N7O/c26-17-1-2-18-13(5-10-37-18)15(17)11-32-24-21-20(30-6-7-31-21)19-16(25(27,28)29)4-9-35-8-3-14(22(19)35)23-34-33-12-36(23)24/h1-4,6-8,12,32H,5,9-11H2. The predicted octanol–water partition coefficient (Wildman–Crippen LogP) is 2.03. The molecule has 0 aliphatic carbocycles. The quantitative estimate of drug-likeness (QED) is 0.428. The van der Waals surface area contributed by atoms with E-state index in [-0.39, 0.29) is 35.2 Å². The summed E-state index contributed by atoms with van der Waals surface area (Å²) in [6.07, 6.45) is 3.00. The van der Waals surface area contributed by atoms with Gasteiger partial charge in [-0.05, 0) is 18.2 Å². The first kappa shape index (κ1) is 21.8. The van der Waals surface area contributed by atoms with E-state index in [2.05, 4.69) is 25.5 Å². The monoisotopic (exact) mass is 507 g/mol. The van der Waals surface area contributed by atoms with Crippen LogP contribution in [0.25, 0.3) is 22.8 Å². The second kappa shape index (κ2) is 7.76. The maximum atomic E-state index is 14.9. The predicted molar refractivity (Wildman–Crippen MR) is 123 cm³/mol. The number of hydrogen-bond acceptors (Lipinski definition) is 6. The molecule has 0 saturated carbocycles. The maximum absolute atomic E-state index is 14.9. The van der Waals surface area contributed by atoms with Gasteiger partial charge in [-0.25, -0.2) is 9.37 Å². The van der Waals surface area contributed by atoms with E-state index in [1.165, 1.54) is 24.8 Å². The molecule has 12 heteroatoms. The smallest absolute Gasteiger partial charge is 0.416 e. The molecule has 0 bridgehead atoms. The van der Waals surface area contributed by atoms with E-state index in [4.69, 9.17) is 4.74 Å². The van der Waals surface area contributed by atoms with Crippen molar-refractivity contribution in [3.8, 4) is 17.1 Å². The second-order valence-corrected chi connectivity index (χ2v) is 8.80. The summed E-state index contributed by atoms with van der Waals surface area (Å²) in [5.74, 6) is 0.831. The van der Waals surface area contributed by atoms with Crippen molar-refractivity contribution in [1.82, 2.24) is 34.6 Å². The van der Waals surface area contributed by atoms with E-state index >= 15 is 0 Å². The fraction of sp³-hybridized carbons (Fsp3) is 0.200. The number of hydrogen-bond donors (Lipinski definition) is 1. The zero-order valence-electron chi connectivity index (χ0n) is 19.1. The number of halogens is 4. The Balaban J connectivity index is 1.52. The number of allylic oxidation sites excluding steroid dienone is 2. The average Bonchev–Trinajstić information content (AvgIpc) is 3.63. The van der Waals surface area contributed by atoms with Gasteiger partial charge in [-0.15, -0.1) is 10.2 Å². The molecule has 0 radical (unpaired) electrons. The maximum Gasteiger partial charge on any atom is 0.416 e. The molecule has 6 heterocycles. The third kappa shape index (κ3) is 3.21. The largest absolute Gasteiger partial charge is 0.493 e. The number of alkyl halides is 3. The molecule has 8 nitrogen and oxygen atoms in total. The van der Waals surface area contributed by atoms with Crippen LogP contribution in [0.4, 0.5) is 17.6 Å². The number of nitrogens with one attached hydrogen (secondary N) is 1. The number of rotatable bonds is 3. The molecule has 0 saturated heterocycles. The van der Waals surface area contributed by atoms with Crippen molar-refractivity contribution in [2.24, 2.45) is 0 Å². The Kier molecular flexibility index (Phi) is 4.57. The molecule has 37 heavy (non-hydrogen) atoms. The SMILES string of the molecule is Fc1ccc2c(c1CNC1=c3nccnc3=C3C(C(F)(F)F)=CCn4ccc(c43)-c3nncn31)CCO2. The zero-order chi connectivity index (χ0) is 25.3. The molecule has 4 aromatic rings. The highest BCUT2D eigenvalue weighted by Crippen LogP contribution is 2.41. The molecule has 3 aliphatic rings. The minimum Gasteiger partial charge on any atom is -0.493 e. The number of benzene rings is 1. The Hall–Kier alpha value is -4.48. The van der Waals surface area contributed by atoms with Gasteiger partial charge in [-0.2, -0.15) is 13.2 Å². The first-order valence-electron chi connectivity index (χ1n) is 11.5. The highest BCUT2D eigenvalue weighted by Gasteiger charge is 2.41. The number of ether oxygens (including phenoxy) is 1. The van der Waals surface area contributed by atoms with Crippen LogP contribution in [0.15, 0.2) is 54.8 Å². The summed E-state index contributed by atoms with van der Waals surface area (Å²) in [5, 5.41) is 11.7. The van der Waals surface area contributed by atoms with Crippen molar-refractivity contribution < 1.29 is 22.3 Å². The van der Waals surface area contributed by atoms with Gasteiger partial charge < -0.3 is 14.6 Å². The lowest BCUT2D eigenvalue weighted by atomic mass is 9.94. The van der Waals surface area contributed by atoms with Crippen molar-refractivity contribution in [3.05, 3.63) is 88.1 Å². The summed E-state index contributed by atoms with van der Waals surface area (Å²) in [4.78, 5) is 8.80. The van der Waals surface area contributed by atoms with Gasteiger partial charge in [0.05, 0.1) is 17.9 Å². The Morgan fingerprint density at radius 3 is 2.76 bits per heavy atom. The molecule has 0 atom stereocenters. The molecule has 3 aliphatic heterocycles. The molecule has 1 aromatic carbocycles. The lowest BCUT2D eigenvalue weighted by Crippen LogP contribution is -2.43. The lowest BCUT2D eigenvalue weighted by Gasteiger charge is -2.25. The van der Waals surface area contributed by atoms with Gasteiger partial charge in [0.15, 0.2) is 5.82 Å². The van der Waals surface area contributed by atoms with Crippen LogP contribution in [0.5, 0.6) is 5.75 Å². The topological polar surface area (TPSA) is 82.7 Å². The molecule has 3 aromatic heterocycles. The Morgan fingerprint density at radius 2 is 1.92 bits per heavy atom.